The number of nitrogens with zero attached hydrogens (tertiary/aromatic N) is 1. The Morgan fingerprint density at radius 1 is 1.18 bits per heavy atom. The van der Waals surface area contributed by atoms with Crippen LogP contribution in [0.5, 0.6) is 0 Å². The molecule has 5 nitrogen and oxygen atoms in total. The Morgan fingerprint density at radius 3 is 2.45 bits per heavy atom. The van der Waals surface area contributed by atoms with Crippen LogP contribution in [0.4, 0.5) is 0 Å². The lowest BCUT2D eigenvalue weighted by Crippen LogP contribution is -2.46. The van der Waals surface area contributed by atoms with Gasteiger partial charge in [0.05, 0.1) is 4.90 Å². The summed E-state index contributed by atoms with van der Waals surface area (Å²) in [5.41, 5.74) is 0. The van der Waals surface area contributed by atoms with Crippen LogP contribution in [0.25, 0.3) is 0 Å². The summed E-state index contributed by atoms with van der Waals surface area (Å²) < 4.78 is 27.4. The molecule has 22 heavy (non-hydrogen) atoms. The number of rotatable bonds is 4. The molecular formula is C15H19ClN2O3S. The summed E-state index contributed by atoms with van der Waals surface area (Å²) in [7, 11) is -3.56. The van der Waals surface area contributed by atoms with Crippen LogP contribution in [0.1, 0.15) is 25.7 Å². The molecule has 1 heterocycles. The monoisotopic (exact) mass is 342 g/mol. The van der Waals surface area contributed by atoms with E-state index in [-0.39, 0.29) is 22.8 Å². The third-order valence-electron chi connectivity index (χ3n) is 4.16. The number of benzene rings is 1. The van der Waals surface area contributed by atoms with Gasteiger partial charge in [-0.15, -0.1) is 0 Å². The number of nitrogens with one attached hydrogen (secondary N) is 1. The first kappa shape index (κ1) is 15.8. The predicted molar refractivity (Wildman–Crippen MR) is 84.1 cm³/mol. The average Bonchev–Trinajstić information content (AvgIpc) is 3.32. The van der Waals surface area contributed by atoms with Crippen molar-refractivity contribution in [1.82, 2.24) is 9.62 Å². The lowest BCUT2D eigenvalue weighted by atomic mass is 10.1. The molecule has 0 spiro atoms. The fraction of sp³-hybridized carbons (Fsp3) is 0.533. The highest BCUT2D eigenvalue weighted by molar-refractivity contribution is 7.89. The van der Waals surface area contributed by atoms with Crippen LogP contribution in [0.2, 0.25) is 5.02 Å². The van der Waals surface area contributed by atoms with Gasteiger partial charge in [-0.05, 0) is 43.9 Å². The molecule has 0 aromatic heterocycles. The molecule has 1 N–H and O–H groups in total. The normalized spacial score (nSPS) is 20.1. The zero-order chi connectivity index (χ0) is 15.7. The van der Waals surface area contributed by atoms with Crippen molar-refractivity contribution >= 4 is 27.5 Å². The van der Waals surface area contributed by atoms with Gasteiger partial charge >= 0.3 is 0 Å². The van der Waals surface area contributed by atoms with Crippen molar-refractivity contribution in [3.05, 3.63) is 29.3 Å². The zero-order valence-electron chi connectivity index (χ0n) is 12.2. The number of carbonyl (C=O) groups is 1. The van der Waals surface area contributed by atoms with Gasteiger partial charge < -0.3 is 4.90 Å². The van der Waals surface area contributed by atoms with Crippen molar-refractivity contribution in [1.29, 1.82) is 0 Å². The van der Waals surface area contributed by atoms with Gasteiger partial charge in [-0.3, -0.25) is 4.79 Å². The summed E-state index contributed by atoms with van der Waals surface area (Å²) in [6.07, 6.45) is 3.30. The van der Waals surface area contributed by atoms with Crippen molar-refractivity contribution in [3.63, 3.8) is 0 Å². The van der Waals surface area contributed by atoms with Crippen LogP contribution in [-0.4, -0.2) is 38.4 Å². The molecule has 7 heteroatoms. The second-order valence-corrected chi connectivity index (χ2v) is 8.10. The van der Waals surface area contributed by atoms with E-state index in [0.29, 0.717) is 31.0 Å². The Bertz CT molecular complexity index is 665. The van der Waals surface area contributed by atoms with Crippen molar-refractivity contribution in [2.24, 2.45) is 5.92 Å². The fourth-order valence-electron chi connectivity index (χ4n) is 2.73. The van der Waals surface area contributed by atoms with Gasteiger partial charge in [0, 0.05) is 30.1 Å². The zero-order valence-corrected chi connectivity index (χ0v) is 13.7. The molecule has 1 aromatic carbocycles. The Morgan fingerprint density at radius 2 is 1.86 bits per heavy atom. The minimum absolute atomic E-state index is 0.132. The highest BCUT2D eigenvalue weighted by atomic mass is 35.5. The molecule has 1 aromatic rings. The maximum atomic E-state index is 12.3. The molecule has 1 aliphatic heterocycles. The Balaban J connectivity index is 1.59. The second-order valence-electron chi connectivity index (χ2n) is 5.95. The van der Waals surface area contributed by atoms with Gasteiger partial charge in [-0.25, -0.2) is 13.1 Å². The second kappa shape index (κ2) is 6.18. The number of carbonyl (C=O) groups excluding carboxylic acids is 1. The first-order valence-corrected chi connectivity index (χ1v) is 9.38. The summed E-state index contributed by atoms with van der Waals surface area (Å²) in [5, 5.41) is 0.396. The molecule has 2 fully saturated rings. The van der Waals surface area contributed by atoms with Crippen LogP contribution in [0.3, 0.4) is 0 Å². The maximum absolute atomic E-state index is 12.3. The molecule has 120 valence electrons. The van der Waals surface area contributed by atoms with Gasteiger partial charge in [0.1, 0.15) is 0 Å². The summed E-state index contributed by atoms with van der Waals surface area (Å²) in [6, 6.07) is 6.10. The van der Waals surface area contributed by atoms with E-state index in [2.05, 4.69) is 4.72 Å². The van der Waals surface area contributed by atoms with Gasteiger partial charge in [-0.2, -0.15) is 0 Å². The molecule has 3 rings (SSSR count). The molecule has 1 saturated heterocycles. The highest BCUT2D eigenvalue weighted by Gasteiger charge is 2.35. The smallest absolute Gasteiger partial charge is 0.240 e. The van der Waals surface area contributed by atoms with Crippen molar-refractivity contribution < 1.29 is 13.2 Å². The van der Waals surface area contributed by atoms with E-state index in [0.717, 1.165) is 12.8 Å². The number of hydrogen-bond donors (Lipinski definition) is 1. The Hall–Kier alpha value is -1.11. The first-order valence-electron chi connectivity index (χ1n) is 7.52. The standard InChI is InChI=1S/C15H19ClN2O3S/c16-12-2-1-3-14(10-12)22(20,21)17-13-6-8-18(9-7-13)15(19)11-4-5-11/h1-3,10-11,13,17H,4-9H2. The lowest BCUT2D eigenvalue weighted by Gasteiger charge is -2.32. The van der Waals surface area contributed by atoms with E-state index in [1.54, 1.807) is 12.1 Å². The summed E-state index contributed by atoms with van der Waals surface area (Å²) >= 11 is 5.85. The quantitative estimate of drug-likeness (QED) is 0.910. The lowest BCUT2D eigenvalue weighted by molar-refractivity contribution is -0.133. The van der Waals surface area contributed by atoms with E-state index in [4.69, 9.17) is 11.6 Å². The molecule has 1 amide bonds. The van der Waals surface area contributed by atoms with Crippen molar-refractivity contribution in [2.75, 3.05) is 13.1 Å². The van der Waals surface area contributed by atoms with Gasteiger partial charge in [0.2, 0.25) is 15.9 Å². The topological polar surface area (TPSA) is 66.5 Å². The molecule has 0 bridgehead atoms. The minimum Gasteiger partial charge on any atom is -0.342 e. The largest absolute Gasteiger partial charge is 0.342 e. The van der Waals surface area contributed by atoms with Crippen LogP contribution in [0.15, 0.2) is 29.2 Å². The van der Waals surface area contributed by atoms with Gasteiger partial charge in [-0.1, -0.05) is 17.7 Å². The Labute approximate surface area is 135 Å². The van der Waals surface area contributed by atoms with E-state index < -0.39 is 10.0 Å². The number of piperidine rings is 1. The van der Waals surface area contributed by atoms with Gasteiger partial charge in [0.25, 0.3) is 0 Å². The average molecular weight is 343 g/mol. The SMILES string of the molecule is O=C(C1CC1)N1CCC(NS(=O)(=O)c2cccc(Cl)c2)CC1. The molecule has 1 saturated carbocycles. The van der Waals surface area contributed by atoms with Crippen LogP contribution in [-0.2, 0) is 14.8 Å². The molecule has 2 aliphatic rings. The predicted octanol–water partition coefficient (Wildman–Crippen LogP) is 2.02. The van der Waals surface area contributed by atoms with E-state index in [1.165, 1.54) is 12.1 Å². The van der Waals surface area contributed by atoms with Gasteiger partial charge in [0.15, 0.2) is 0 Å². The molecule has 1 aliphatic carbocycles. The summed E-state index contributed by atoms with van der Waals surface area (Å²) in [4.78, 5) is 14.0. The number of amides is 1. The third-order valence-corrected chi connectivity index (χ3v) is 5.91. The van der Waals surface area contributed by atoms with Crippen LogP contribution >= 0.6 is 11.6 Å². The van der Waals surface area contributed by atoms with Crippen LogP contribution < -0.4 is 4.72 Å². The summed E-state index contributed by atoms with van der Waals surface area (Å²) in [6.45, 7) is 1.25. The number of likely N-dealkylation sites (tertiary alicyclic amines) is 1. The molecule has 0 unspecified atom stereocenters. The van der Waals surface area contributed by atoms with E-state index in [9.17, 15) is 13.2 Å². The maximum Gasteiger partial charge on any atom is 0.240 e. The molecule has 0 atom stereocenters. The molecule has 0 radical (unpaired) electrons. The minimum atomic E-state index is -3.56. The third kappa shape index (κ3) is 3.62. The Kier molecular flexibility index (Phi) is 4.43. The fourth-order valence-corrected chi connectivity index (χ4v) is 4.33. The first-order chi connectivity index (χ1) is 10.5. The van der Waals surface area contributed by atoms with E-state index >= 15 is 0 Å². The highest BCUT2D eigenvalue weighted by Crippen LogP contribution is 2.32. The molecular weight excluding hydrogens is 324 g/mol. The summed E-state index contributed by atoms with van der Waals surface area (Å²) in [5.74, 6) is 0.454. The van der Waals surface area contributed by atoms with Crippen molar-refractivity contribution in [3.8, 4) is 0 Å². The number of sulfonamides is 1. The van der Waals surface area contributed by atoms with Crippen LogP contribution in [0, 0.1) is 5.92 Å². The van der Waals surface area contributed by atoms with Crippen molar-refractivity contribution in [2.45, 2.75) is 36.6 Å². The van der Waals surface area contributed by atoms with E-state index in [1.807, 2.05) is 4.90 Å². The number of hydrogen-bond acceptors (Lipinski definition) is 3. The number of halogens is 1.